The van der Waals surface area contributed by atoms with Crippen LogP contribution in [0.3, 0.4) is 0 Å². The molecule has 0 saturated carbocycles. The van der Waals surface area contributed by atoms with Crippen LogP contribution in [0.1, 0.15) is 36.1 Å². The number of aryl methyl sites for hydroxylation is 1. The van der Waals surface area contributed by atoms with Gasteiger partial charge in [0.2, 0.25) is 0 Å². The summed E-state index contributed by atoms with van der Waals surface area (Å²) in [6, 6.07) is 10.6. The minimum atomic E-state index is -0.0494. The fourth-order valence-electron chi connectivity index (χ4n) is 5.45. The number of urea groups is 1. The Hall–Kier alpha value is -3.39. The van der Waals surface area contributed by atoms with Gasteiger partial charge in [-0.1, -0.05) is 0 Å². The van der Waals surface area contributed by atoms with E-state index in [1.807, 2.05) is 18.9 Å². The Morgan fingerprint density at radius 2 is 2.00 bits per heavy atom. The molecule has 1 fully saturated rings. The number of fused-ring (bicyclic) bond motifs is 2. The molecule has 192 valence electrons. The minimum Gasteiger partial charge on any atom is -0.493 e. The first-order valence-electron chi connectivity index (χ1n) is 12.9. The number of hydrogen-bond acceptors (Lipinski definition) is 5. The zero-order chi connectivity index (χ0) is 25.1. The number of benzene rings is 2. The monoisotopic (exact) mass is 492 g/mol. The maximum atomic E-state index is 13.7. The molecule has 3 aromatic rings. The average molecular weight is 493 g/mol. The van der Waals surface area contributed by atoms with Crippen LogP contribution in [0.25, 0.3) is 10.9 Å². The number of methoxy groups -OCH3 is 1. The van der Waals surface area contributed by atoms with Crippen molar-refractivity contribution in [3.63, 3.8) is 0 Å². The van der Waals surface area contributed by atoms with Crippen molar-refractivity contribution in [2.24, 2.45) is 0 Å². The van der Waals surface area contributed by atoms with E-state index in [1.54, 1.807) is 7.11 Å². The van der Waals surface area contributed by atoms with Crippen LogP contribution in [-0.4, -0.2) is 74.4 Å². The highest BCUT2D eigenvalue weighted by molar-refractivity contribution is 5.86. The molecule has 0 spiro atoms. The number of aromatic nitrogens is 1. The number of amides is 2. The summed E-state index contributed by atoms with van der Waals surface area (Å²) < 4.78 is 17.0. The number of anilines is 1. The van der Waals surface area contributed by atoms with Gasteiger partial charge >= 0.3 is 6.03 Å². The third-order valence-corrected chi connectivity index (χ3v) is 7.35. The largest absolute Gasteiger partial charge is 0.493 e. The number of carbonyl (C=O) groups is 1. The molecular formula is C28H36N4O4. The average Bonchev–Trinajstić information content (AvgIpc) is 3.33. The number of hydrogen-bond donors (Lipinski definition) is 2. The van der Waals surface area contributed by atoms with Crippen LogP contribution in [0.2, 0.25) is 0 Å². The standard InChI is InChI=1S/C28H36N4O4/c1-4-36-27-17-23-19(15-26(27)34-3)9-10-32(28(33)31-11-13-35-14-12-31)25(23)8-5-20-18-30-24-7-6-21(29-2)16-22(20)24/h6-7,15-18,25,29-30H,4-5,8-14H2,1-3H3. The van der Waals surface area contributed by atoms with E-state index < -0.39 is 0 Å². The Morgan fingerprint density at radius 3 is 2.75 bits per heavy atom. The van der Waals surface area contributed by atoms with Gasteiger partial charge in [0, 0.05) is 49.5 Å². The molecule has 2 amide bonds. The summed E-state index contributed by atoms with van der Waals surface area (Å²) in [4.78, 5) is 21.1. The van der Waals surface area contributed by atoms with Crippen LogP contribution in [-0.2, 0) is 17.6 Å². The molecule has 1 saturated heterocycles. The summed E-state index contributed by atoms with van der Waals surface area (Å²) >= 11 is 0. The van der Waals surface area contributed by atoms with Crippen LogP contribution in [0, 0.1) is 0 Å². The van der Waals surface area contributed by atoms with Crippen LogP contribution in [0.4, 0.5) is 10.5 Å². The number of rotatable bonds is 7. The Balaban J connectivity index is 1.48. The molecule has 1 unspecified atom stereocenters. The third kappa shape index (κ3) is 4.69. The molecule has 2 aliphatic heterocycles. The highest BCUT2D eigenvalue weighted by Crippen LogP contribution is 2.41. The van der Waals surface area contributed by atoms with Crippen LogP contribution in [0.5, 0.6) is 11.5 Å². The lowest BCUT2D eigenvalue weighted by Gasteiger charge is -2.41. The summed E-state index contributed by atoms with van der Waals surface area (Å²) in [5.74, 6) is 1.48. The maximum Gasteiger partial charge on any atom is 0.320 e. The van der Waals surface area contributed by atoms with Gasteiger partial charge in [0.05, 0.1) is 33.0 Å². The first-order valence-corrected chi connectivity index (χ1v) is 12.9. The second kappa shape index (κ2) is 10.7. The smallest absolute Gasteiger partial charge is 0.320 e. The first-order chi connectivity index (χ1) is 17.6. The van der Waals surface area contributed by atoms with Gasteiger partial charge < -0.3 is 34.3 Å². The highest BCUT2D eigenvalue weighted by atomic mass is 16.5. The molecule has 0 aliphatic carbocycles. The van der Waals surface area contributed by atoms with Gasteiger partial charge in [0.1, 0.15) is 0 Å². The minimum absolute atomic E-state index is 0.0494. The third-order valence-electron chi connectivity index (χ3n) is 7.35. The van der Waals surface area contributed by atoms with Crippen molar-refractivity contribution >= 4 is 22.6 Å². The van der Waals surface area contributed by atoms with E-state index in [2.05, 4.69) is 51.7 Å². The van der Waals surface area contributed by atoms with Gasteiger partial charge in [-0.3, -0.25) is 0 Å². The second-order valence-electron chi connectivity index (χ2n) is 9.34. The fraction of sp³-hybridized carbons (Fsp3) is 0.464. The zero-order valence-electron chi connectivity index (χ0n) is 21.4. The first kappa shape index (κ1) is 24.3. The van der Waals surface area contributed by atoms with Gasteiger partial charge in [-0.05, 0) is 73.2 Å². The molecule has 8 heteroatoms. The second-order valence-corrected chi connectivity index (χ2v) is 9.34. The Labute approximate surface area is 212 Å². The summed E-state index contributed by atoms with van der Waals surface area (Å²) in [6.07, 6.45) is 4.56. The summed E-state index contributed by atoms with van der Waals surface area (Å²) in [7, 11) is 3.61. The lowest BCUT2D eigenvalue weighted by molar-refractivity contribution is 0.0376. The molecule has 3 heterocycles. The molecule has 2 aromatic carbocycles. The Morgan fingerprint density at radius 1 is 1.17 bits per heavy atom. The van der Waals surface area contributed by atoms with E-state index in [1.165, 1.54) is 16.5 Å². The van der Waals surface area contributed by atoms with E-state index in [0.29, 0.717) is 39.5 Å². The molecule has 2 aliphatic rings. The molecular weight excluding hydrogens is 456 g/mol. The van der Waals surface area contributed by atoms with E-state index >= 15 is 0 Å². The number of carbonyl (C=O) groups excluding carboxylic acids is 1. The number of ether oxygens (including phenoxy) is 3. The van der Waals surface area contributed by atoms with Crippen molar-refractivity contribution in [2.75, 3.05) is 58.9 Å². The van der Waals surface area contributed by atoms with Gasteiger partial charge in [-0.15, -0.1) is 0 Å². The van der Waals surface area contributed by atoms with E-state index in [4.69, 9.17) is 14.2 Å². The highest BCUT2D eigenvalue weighted by Gasteiger charge is 2.34. The van der Waals surface area contributed by atoms with Gasteiger partial charge in [-0.2, -0.15) is 0 Å². The summed E-state index contributed by atoms with van der Waals surface area (Å²) in [5.41, 5.74) is 5.85. The lowest BCUT2D eigenvalue weighted by atomic mass is 9.88. The molecule has 8 nitrogen and oxygen atoms in total. The quantitative estimate of drug-likeness (QED) is 0.504. The van der Waals surface area contributed by atoms with E-state index in [9.17, 15) is 4.79 Å². The van der Waals surface area contributed by atoms with Gasteiger partial charge in [-0.25, -0.2) is 4.79 Å². The van der Waals surface area contributed by atoms with Gasteiger partial charge in [0.15, 0.2) is 11.5 Å². The predicted octanol–water partition coefficient (Wildman–Crippen LogP) is 4.60. The lowest BCUT2D eigenvalue weighted by Crippen LogP contribution is -2.51. The Kier molecular flexibility index (Phi) is 7.23. The van der Waals surface area contributed by atoms with Crippen molar-refractivity contribution in [1.82, 2.24) is 14.8 Å². The molecule has 0 bridgehead atoms. The maximum absolute atomic E-state index is 13.7. The van der Waals surface area contributed by atoms with E-state index in [0.717, 1.165) is 47.5 Å². The summed E-state index contributed by atoms with van der Waals surface area (Å²) in [5, 5.41) is 4.45. The number of nitrogens with zero attached hydrogens (tertiary/aromatic N) is 2. The van der Waals surface area contributed by atoms with Crippen LogP contribution >= 0.6 is 0 Å². The van der Waals surface area contributed by atoms with Crippen LogP contribution in [0.15, 0.2) is 36.5 Å². The van der Waals surface area contributed by atoms with Crippen molar-refractivity contribution in [3.05, 3.63) is 53.2 Å². The van der Waals surface area contributed by atoms with Crippen molar-refractivity contribution < 1.29 is 19.0 Å². The normalized spacial score (nSPS) is 17.7. The van der Waals surface area contributed by atoms with E-state index in [-0.39, 0.29) is 12.1 Å². The number of morpholine rings is 1. The molecule has 5 rings (SSSR count). The van der Waals surface area contributed by atoms with Crippen molar-refractivity contribution in [2.45, 2.75) is 32.2 Å². The molecule has 0 radical (unpaired) electrons. The van der Waals surface area contributed by atoms with Crippen LogP contribution < -0.4 is 14.8 Å². The molecule has 1 aromatic heterocycles. The number of H-pyrrole nitrogens is 1. The SMILES string of the molecule is CCOc1cc2c(cc1OC)CCN(C(=O)N1CCOCC1)C2CCc1c[nH]c2ccc(NC)cc12. The topological polar surface area (TPSA) is 79.1 Å². The van der Waals surface area contributed by atoms with Crippen molar-refractivity contribution in [3.8, 4) is 11.5 Å². The zero-order valence-corrected chi connectivity index (χ0v) is 21.4. The fourth-order valence-corrected chi connectivity index (χ4v) is 5.45. The van der Waals surface area contributed by atoms with Crippen molar-refractivity contribution in [1.29, 1.82) is 0 Å². The predicted molar refractivity (Wildman–Crippen MR) is 141 cm³/mol. The molecule has 2 N–H and O–H groups in total. The summed E-state index contributed by atoms with van der Waals surface area (Å²) in [6.45, 7) is 5.67. The molecule has 1 atom stereocenters. The Bertz CT molecular complexity index is 1220. The van der Waals surface area contributed by atoms with Gasteiger partial charge in [0.25, 0.3) is 0 Å². The number of nitrogens with one attached hydrogen (secondary N) is 2. The number of aromatic amines is 1. The molecule has 36 heavy (non-hydrogen) atoms.